The molecule has 2 aromatic rings. The van der Waals surface area contributed by atoms with Gasteiger partial charge < -0.3 is 15.1 Å². The zero-order valence-corrected chi connectivity index (χ0v) is 16.8. The third kappa shape index (κ3) is 6.08. The van der Waals surface area contributed by atoms with Crippen molar-refractivity contribution in [3.63, 3.8) is 0 Å². The van der Waals surface area contributed by atoms with Gasteiger partial charge in [0.1, 0.15) is 6.54 Å². The van der Waals surface area contributed by atoms with Crippen LogP contribution in [-0.4, -0.2) is 43.4 Å². The molecular formula is C21H27ClN3O2+. The quantitative estimate of drug-likeness (QED) is 0.730. The first-order chi connectivity index (χ1) is 12.9. The monoisotopic (exact) mass is 388 g/mol. The van der Waals surface area contributed by atoms with E-state index in [0.29, 0.717) is 42.5 Å². The van der Waals surface area contributed by atoms with Crippen molar-refractivity contribution in [2.24, 2.45) is 0 Å². The molecule has 0 bridgehead atoms. The maximum absolute atomic E-state index is 12.3. The Morgan fingerprint density at radius 2 is 1.67 bits per heavy atom. The van der Waals surface area contributed by atoms with E-state index in [0.717, 1.165) is 10.5 Å². The fourth-order valence-corrected chi connectivity index (χ4v) is 3.10. The van der Waals surface area contributed by atoms with E-state index in [1.165, 1.54) is 0 Å². The predicted octanol–water partition coefficient (Wildman–Crippen LogP) is 2.48. The van der Waals surface area contributed by atoms with Gasteiger partial charge in [0, 0.05) is 34.9 Å². The Morgan fingerprint density at radius 1 is 1.04 bits per heavy atom. The van der Waals surface area contributed by atoms with Crippen LogP contribution in [0, 0.1) is 0 Å². The average Bonchev–Trinajstić information content (AvgIpc) is 2.65. The number of rotatable bonds is 8. The number of anilines is 1. The molecule has 0 radical (unpaired) electrons. The van der Waals surface area contributed by atoms with Crippen LogP contribution in [0.4, 0.5) is 5.69 Å². The van der Waals surface area contributed by atoms with Gasteiger partial charge in [0.2, 0.25) is 0 Å². The van der Waals surface area contributed by atoms with Crippen molar-refractivity contribution in [1.82, 2.24) is 4.90 Å². The van der Waals surface area contributed by atoms with Crippen molar-refractivity contribution in [2.45, 2.75) is 20.4 Å². The first-order valence-electron chi connectivity index (χ1n) is 9.18. The summed E-state index contributed by atoms with van der Waals surface area (Å²) in [6.07, 6.45) is 0. The third-order valence-electron chi connectivity index (χ3n) is 4.38. The first kappa shape index (κ1) is 20.9. The highest BCUT2D eigenvalue weighted by molar-refractivity contribution is 6.31. The highest BCUT2D eigenvalue weighted by Crippen LogP contribution is 2.13. The fourth-order valence-electron chi connectivity index (χ4n) is 2.90. The summed E-state index contributed by atoms with van der Waals surface area (Å²) in [7, 11) is 1.95. The second-order valence-electron chi connectivity index (χ2n) is 6.51. The number of hydrogen-bond acceptors (Lipinski definition) is 2. The molecule has 0 saturated carbocycles. The molecule has 1 unspecified atom stereocenters. The number of carbonyl (C=O) groups excluding carboxylic acids is 2. The minimum atomic E-state index is -0.0811. The summed E-state index contributed by atoms with van der Waals surface area (Å²) in [5.41, 5.74) is 2.32. The summed E-state index contributed by atoms with van der Waals surface area (Å²) >= 11 is 6.17. The highest BCUT2D eigenvalue weighted by atomic mass is 35.5. The molecule has 0 aliphatic rings. The van der Waals surface area contributed by atoms with Gasteiger partial charge >= 0.3 is 0 Å². The van der Waals surface area contributed by atoms with Crippen molar-refractivity contribution in [3.05, 3.63) is 64.7 Å². The summed E-state index contributed by atoms with van der Waals surface area (Å²) < 4.78 is 0. The Labute approximate surface area is 165 Å². The Hall–Kier alpha value is -2.37. The van der Waals surface area contributed by atoms with Crippen molar-refractivity contribution in [1.29, 1.82) is 0 Å². The lowest BCUT2D eigenvalue weighted by atomic mass is 10.1. The molecule has 0 aliphatic heterocycles. The minimum Gasteiger partial charge on any atom is -0.339 e. The van der Waals surface area contributed by atoms with Crippen LogP contribution in [0.2, 0.25) is 5.02 Å². The molecule has 0 fully saturated rings. The smallest absolute Gasteiger partial charge is 0.279 e. The number of nitrogens with one attached hydrogen (secondary N) is 2. The summed E-state index contributed by atoms with van der Waals surface area (Å²) in [5.74, 6) is -0.0795. The number of carbonyl (C=O) groups is 2. The number of amides is 2. The third-order valence-corrected chi connectivity index (χ3v) is 4.75. The van der Waals surface area contributed by atoms with Gasteiger partial charge in [-0.15, -0.1) is 0 Å². The Bertz CT molecular complexity index is 773. The molecule has 2 rings (SSSR count). The molecule has 5 nitrogen and oxygen atoms in total. The normalized spacial score (nSPS) is 11.7. The van der Waals surface area contributed by atoms with E-state index in [1.807, 2.05) is 45.2 Å². The number of halogens is 1. The topological polar surface area (TPSA) is 53.9 Å². The van der Waals surface area contributed by atoms with E-state index in [4.69, 9.17) is 11.6 Å². The van der Waals surface area contributed by atoms with Gasteiger partial charge in [0.05, 0.1) is 7.05 Å². The molecule has 0 heterocycles. The lowest BCUT2D eigenvalue weighted by Gasteiger charge is -2.18. The number of benzene rings is 2. The van der Waals surface area contributed by atoms with Gasteiger partial charge in [-0.1, -0.05) is 29.8 Å². The van der Waals surface area contributed by atoms with Crippen LogP contribution in [0.25, 0.3) is 0 Å². The summed E-state index contributed by atoms with van der Waals surface area (Å²) in [5, 5.41) is 3.59. The van der Waals surface area contributed by atoms with Crippen molar-refractivity contribution < 1.29 is 14.5 Å². The molecule has 0 spiro atoms. The molecular weight excluding hydrogens is 362 g/mol. The van der Waals surface area contributed by atoms with Crippen molar-refractivity contribution in [2.75, 3.05) is 32.0 Å². The van der Waals surface area contributed by atoms with Crippen LogP contribution in [-0.2, 0) is 11.3 Å². The van der Waals surface area contributed by atoms with E-state index < -0.39 is 0 Å². The van der Waals surface area contributed by atoms with E-state index >= 15 is 0 Å². The van der Waals surface area contributed by atoms with E-state index in [9.17, 15) is 9.59 Å². The van der Waals surface area contributed by atoms with Crippen LogP contribution in [0.3, 0.4) is 0 Å². The molecule has 6 heteroatoms. The SMILES string of the molecule is CCN(CC)C(=O)c1ccc(NC(=O)C[NH+](C)Cc2ccccc2Cl)cc1. The van der Waals surface area contributed by atoms with Crippen molar-refractivity contribution in [3.8, 4) is 0 Å². The second kappa shape index (κ2) is 10.1. The molecule has 144 valence electrons. The average molecular weight is 389 g/mol. The van der Waals surface area contributed by atoms with Gasteiger partial charge in [0.25, 0.3) is 11.8 Å². The van der Waals surface area contributed by atoms with Crippen LogP contribution in [0.5, 0.6) is 0 Å². The molecule has 1 atom stereocenters. The van der Waals surface area contributed by atoms with Gasteiger partial charge in [0.15, 0.2) is 6.54 Å². The number of nitrogens with zero attached hydrogens (tertiary/aromatic N) is 1. The standard InChI is InChI=1S/C21H26ClN3O2/c1-4-25(5-2)21(27)16-10-12-18(13-11-16)23-20(26)15-24(3)14-17-8-6-7-9-19(17)22/h6-13H,4-5,14-15H2,1-3H3,(H,23,26)/p+1. The molecule has 2 aromatic carbocycles. The number of likely N-dealkylation sites (N-methyl/N-ethyl adjacent to an activating group) is 1. The Kier molecular flexibility index (Phi) is 7.82. The minimum absolute atomic E-state index is 0.00166. The van der Waals surface area contributed by atoms with Gasteiger partial charge in [-0.25, -0.2) is 0 Å². The van der Waals surface area contributed by atoms with E-state index in [-0.39, 0.29) is 11.8 Å². The Morgan fingerprint density at radius 3 is 2.26 bits per heavy atom. The molecule has 2 amide bonds. The maximum Gasteiger partial charge on any atom is 0.279 e. The van der Waals surface area contributed by atoms with Crippen molar-refractivity contribution >= 4 is 29.1 Å². The summed E-state index contributed by atoms with van der Waals surface area (Å²) in [6, 6.07) is 14.7. The first-order valence-corrected chi connectivity index (χ1v) is 9.56. The summed E-state index contributed by atoms with van der Waals surface area (Å²) in [4.78, 5) is 27.4. The van der Waals surface area contributed by atoms with Crippen LogP contribution in [0.15, 0.2) is 48.5 Å². The van der Waals surface area contributed by atoms with Gasteiger partial charge in [-0.3, -0.25) is 9.59 Å². The molecule has 0 aromatic heterocycles. The van der Waals surface area contributed by atoms with Gasteiger partial charge in [-0.2, -0.15) is 0 Å². The zero-order valence-electron chi connectivity index (χ0n) is 16.1. The second-order valence-corrected chi connectivity index (χ2v) is 6.91. The Balaban J connectivity index is 1.90. The maximum atomic E-state index is 12.3. The largest absolute Gasteiger partial charge is 0.339 e. The van der Waals surface area contributed by atoms with E-state index in [1.54, 1.807) is 29.2 Å². The van der Waals surface area contributed by atoms with E-state index in [2.05, 4.69) is 5.32 Å². The fraction of sp³-hybridized carbons (Fsp3) is 0.333. The molecule has 27 heavy (non-hydrogen) atoms. The molecule has 0 aliphatic carbocycles. The number of quaternary nitrogens is 1. The molecule has 2 N–H and O–H groups in total. The lowest BCUT2D eigenvalue weighted by molar-refractivity contribution is -0.885. The zero-order chi connectivity index (χ0) is 19.8. The van der Waals surface area contributed by atoms with Gasteiger partial charge in [-0.05, 0) is 44.2 Å². The van der Waals surface area contributed by atoms with Crippen LogP contribution in [0.1, 0.15) is 29.8 Å². The highest BCUT2D eigenvalue weighted by Gasteiger charge is 2.14. The molecule has 0 saturated heterocycles. The number of hydrogen-bond donors (Lipinski definition) is 2. The predicted molar refractivity (Wildman–Crippen MR) is 109 cm³/mol. The summed E-state index contributed by atoms with van der Waals surface area (Å²) in [6.45, 7) is 6.26. The van der Waals surface area contributed by atoms with Crippen LogP contribution >= 0.6 is 11.6 Å². The van der Waals surface area contributed by atoms with Crippen LogP contribution < -0.4 is 10.2 Å². The lowest BCUT2D eigenvalue weighted by Crippen LogP contribution is -3.08.